The van der Waals surface area contributed by atoms with Gasteiger partial charge in [-0.15, -0.1) is 0 Å². The molecule has 8 heteroatoms. The van der Waals surface area contributed by atoms with Crippen LogP contribution < -0.4 is 9.80 Å². The van der Waals surface area contributed by atoms with Crippen LogP contribution in [0.1, 0.15) is 54.2 Å². The van der Waals surface area contributed by atoms with E-state index < -0.39 is 0 Å². The maximum atomic E-state index is 5.66. The lowest BCUT2D eigenvalue weighted by molar-refractivity contribution is 0.122. The van der Waals surface area contributed by atoms with Crippen molar-refractivity contribution >= 4 is 28.2 Å². The minimum Gasteiger partial charge on any atom is -0.378 e. The van der Waals surface area contributed by atoms with Crippen LogP contribution in [-0.4, -0.2) is 57.4 Å². The molecule has 0 amide bonds. The molecule has 2 saturated heterocycles. The number of hydrogen-bond donors (Lipinski definition) is 0. The molecule has 0 bridgehead atoms. The number of fused-ring (bicyclic) bond motifs is 3. The first-order valence-corrected chi connectivity index (χ1v) is 13.0. The Morgan fingerprint density at radius 1 is 1.00 bits per heavy atom. The molecular formula is C27H31N7O. The van der Waals surface area contributed by atoms with Crippen molar-refractivity contribution in [3.05, 3.63) is 53.1 Å². The SMILES string of the molecule is Cc1cccc2ncnc(N3CCCCC3c3cc4nc5c(c(N6CCOCC6)n4n3)CCC5)c12. The van der Waals surface area contributed by atoms with Gasteiger partial charge in [0.05, 0.1) is 30.5 Å². The minimum atomic E-state index is 0.176. The molecule has 0 radical (unpaired) electrons. The summed E-state index contributed by atoms with van der Waals surface area (Å²) in [6.45, 7) is 6.47. The molecule has 0 spiro atoms. The van der Waals surface area contributed by atoms with Gasteiger partial charge >= 0.3 is 0 Å². The molecule has 35 heavy (non-hydrogen) atoms. The Labute approximate surface area is 204 Å². The molecule has 5 heterocycles. The summed E-state index contributed by atoms with van der Waals surface area (Å²) in [5.74, 6) is 2.27. The van der Waals surface area contributed by atoms with Crippen LogP contribution >= 0.6 is 0 Å². The van der Waals surface area contributed by atoms with E-state index in [0.717, 1.165) is 86.6 Å². The summed E-state index contributed by atoms with van der Waals surface area (Å²) < 4.78 is 7.78. The molecule has 1 unspecified atom stereocenters. The highest BCUT2D eigenvalue weighted by Crippen LogP contribution is 2.39. The van der Waals surface area contributed by atoms with Gasteiger partial charge in [-0.1, -0.05) is 12.1 Å². The zero-order chi connectivity index (χ0) is 23.4. The Balaban J connectivity index is 1.36. The van der Waals surface area contributed by atoms with Gasteiger partial charge in [0, 0.05) is 42.3 Å². The molecule has 1 aliphatic carbocycles. The minimum absolute atomic E-state index is 0.176. The number of aryl methyl sites for hydroxylation is 2. The summed E-state index contributed by atoms with van der Waals surface area (Å²) in [6, 6.07) is 8.70. The first-order chi connectivity index (χ1) is 17.3. The van der Waals surface area contributed by atoms with Gasteiger partial charge in [-0.05, 0) is 57.1 Å². The quantitative estimate of drug-likeness (QED) is 0.448. The highest BCUT2D eigenvalue weighted by Gasteiger charge is 2.31. The van der Waals surface area contributed by atoms with Crippen molar-refractivity contribution in [1.29, 1.82) is 0 Å². The predicted octanol–water partition coefficient (Wildman–Crippen LogP) is 4.04. The van der Waals surface area contributed by atoms with Gasteiger partial charge in [0.15, 0.2) is 5.65 Å². The summed E-state index contributed by atoms with van der Waals surface area (Å²) in [5, 5.41) is 6.40. The molecule has 4 aromatic rings. The van der Waals surface area contributed by atoms with Crippen molar-refractivity contribution in [2.45, 2.75) is 51.5 Å². The second-order valence-electron chi connectivity index (χ2n) is 10.0. The van der Waals surface area contributed by atoms with Crippen LogP contribution in [0.25, 0.3) is 16.6 Å². The van der Waals surface area contributed by atoms with Crippen LogP contribution in [0, 0.1) is 6.92 Å². The molecule has 0 N–H and O–H groups in total. The van der Waals surface area contributed by atoms with E-state index in [-0.39, 0.29) is 6.04 Å². The van der Waals surface area contributed by atoms with Gasteiger partial charge in [-0.3, -0.25) is 0 Å². The highest BCUT2D eigenvalue weighted by molar-refractivity contribution is 5.92. The van der Waals surface area contributed by atoms with E-state index in [1.165, 1.54) is 35.5 Å². The third-order valence-corrected chi connectivity index (χ3v) is 7.90. The van der Waals surface area contributed by atoms with Crippen molar-refractivity contribution in [2.24, 2.45) is 0 Å². The van der Waals surface area contributed by atoms with E-state index in [1.807, 2.05) is 0 Å². The van der Waals surface area contributed by atoms with Gasteiger partial charge in [-0.25, -0.2) is 15.0 Å². The normalized spacial score (nSPS) is 20.7. The second-order valence-corrected chi connectivity index (χ2v) is 10.0. The Bertz CT molecular complexity index is 1400. The lowest BCUT2D eigenvalue weighted by Gasteiger charge is -2.36. The molecule has 180 valence electrons. The third-order valence-electron chi connectivity index (χ3n) is 7.90. The molecular weight excluding hydrogens is 438 g/mol. The van der Waals surface area contributed by atoms with Crippen LogP contribution in [0.3, 0.4) is 0 Å². The third kappa shape index (κ3) is 3.45. The molecule has 0 saturated carbocycles. The predicted molar refractivity (Wildman–Crippen MR) is 136 cm³/mol. The van der Waals surface area contributed by atoms with Crippen LogP contribution in [0.15, 0.2) is 30.6 Å². The number of hydrogen-bond acceptors (Lipinski definition) is 7. The fourth-order valence-electron chi connectivity index (χ4n) is 6.22. The number of anilines is 2. The fourth-order valence-corrected chi connectivity index (χ4v) is 6.22. The average Bonchev–Trinajstić information content (AvgIpc) is 3.54. The lowest BCUT2D eigenvalue weighted by atomic mass is 9.98. The van der Waals surface area contributed by atoms with Crippen molar-refractivity contribution < 1.29 is 4.74 Å². The zero-order valence-electron chi connectivity index (χ0n) is 20.3. The van der Waals surface area contributed by atoms with Crippen LogP contribution in [0.5, 0.6) is 0 Å². The van der Waals surface area contributed by atoms with Crippen molar-refractivity contribution in [2.75, 3.05) is 42.6 Å². The monoisotopic (exact) mass is 469 g/mol. The van der Waals surface area contributed by atoms with Crippen LogP contribution in [-0.2, 0) is 17.6 Å². The summed E-state index contributed by atoms with van der Waals surface area (Å²) in [4.78, 5) is 19.4. The molecule has 7 rings (SSSR count). The Morgan fingerprint density at radius 3 is 2.83 bits per heavy atom. The molecule has 2 fully saturated rings. The van der Waals surface area contributed by atoms with Crippen LogP contribution in [0.4, 0.5) is 11.6 Å². The smallest absolute Gasteiger partial charge is 0.157 e. The molecule has 8 nitrogen and oxygen atoms in total. The van der Waals surface area contributed by atoms with Gasteiger partial charge in [0.25, 0.3) is 0 Å². The Hall–Kier alpha value is -3.26. The summed E-state index contributed by atoms with van der Waals surface area (Å²) >= 11 is 0. The molecule has 2 aliphatic heterocycles. The van der Waals surface area contributed by atoms with E-state index >= 15 is 0 Å². The number of morpholine rings is 1. The number of rotatable bonds is 3. The molecule has 1 aromatic carbocycles. The number of piperidine rings is 1. The van der Waals surface area contributed by atoms with Gasteiger partial charge in [0.2, 0.25) is 0 Å². The second kappa shape index (κ2) is 8.45. The number of ether oxygens (including phenoxy) is 1. The van der Waals surface area contributed by atoms with Gasteiger partial charge in [-0.2, -0.15) is 9.61 Å². The van der Waals surface area contributed by atoms with E-state index in [4.69, 9.17) is 19.8 Å². The number of aromatic nitrogens is 5. The molecule has 1 atom stereocenters. The first kappa shape index (κ1) is 21.1. The lowest BCUT2D eigenvalue weighted by Crippen LogP contribution is -2.38. The summed E-state index contributed by atoms with van der Waals surface area (Å²) in [6.07, 6.45) is 8.44. The highest BCUT2D eigenvalue weighted by atomic mass is 16.5. The van der Waals surface area contributed by atoms with Gasteiger partial charge in [0.1, 0.15) is 18.0 Å². The number of benzene rings is 1. The maximum Gasteiger partial charge on any atom is 0.157 e. The largest absolute Gasteiger partial charge is 0.378 e. The maximum absolute atomic E-state index is 5.66. The van der Waals surface area contributed by atoms with E-state index in [9.17, 15) is 0 Å². The Morgan fingerprint density at radius 2 is 1.91 bits per heavy atom. The Kier molecular flexibility index (Phi) is 5.08. The van der Waals surface area contributed by atoms with Crippen molar-refractivity contribution in [1.82, 2.24) is 24.6 Å². The number of nitrogens with zero attached hydrogens (tertiary/aromatic N) is 7. The molecule has 3 aromatic heterocycles. The average molecular weight is 470 g/mol. The van der Waals surface area contributed by atoms with E-state index in [2.05, 4.69) is 50.5 Å². The van der Waals surface area contributed by atoms with E-state index in [0.29, 0.717) is 0 Å². The van der Waals surface area contributed by atoms with Crippen LogP contribution in [0.2, 0.25) is 0 Å². The van der Waals surface area contributed by atoms with Crippen molar-refractivity contribution in [3.8, 4) is 0 Å². The fraction of sp³-hybridized carbons (Fsp3) is 0.481. The topological polar surface area (TPSA) is 71.7 Å². The van der Waals surface area contributed by atoms with Gasteiger partial charge < -0.3 is 14.5 Å². The standard InChI is InChI=1S/C27H31N7O/c1-18-6-4-9-21-25(18)26(29-17-28-21)33-11-3-2-10-23(33)22-16-24-30-20-8-5-7-19(20)27(34(24)31-22)32-12-14-35-15-13-32/h4,6,9,16-17,23H,2-3,5,7-8,10-15H2,1H3. The summed E-state index contributed by atoms with van der Waals surface area (Å²) in [7, 11) is 0. The zero-order valence-corrected chi connectivity index (χ0v) is 20.3. The van der Waals surface area contributed by atoms with Crippen molar-refractivity contribution in [3.63, 3.8) is 0 Å². The van der Waals surface area contributed by atoms with E-state index in [1.54, 1.807) is 6.33 Å². The molecule has 3 aliphatic rings. The first-order valence-electron chi connectivity index (χ1n) is 13.0. The summed E-state index contributed by atoms with van der Waals surface area (Å²) in [5.41, 5.74) is 6.91.